The Morgan fingerprint density at radius 1 is 0.949 bits per heavy atom. The van der Waals surface area contributed by atoms with E-state index in [0.717, 1.165) is 45.0 Å². The van der Waals surface area contributed by atoms with Crippen molar-refractivity contribution in [3.63, 3.8) is 0 Å². The van der Waals surface area contributed by atoms with Crippen LogP contribution in [-0.2, 0) is 4.74 Å². The van der Waals surface area contributed by atoms with E-state index in [2.05, 4.69) is 63.7 Å². The Morgan fingerprint density at radius 3 is 2.08 bits per heavy atom. The number of nitrogens with zero attached hydrogens (tertiary/aromatic N) is 3. The molecule has 0 atom stereocenters. The van der Waals surface area contributed by atoms with Gasteiger partial charge in [0.2, 0.25) is 0 Å². The summed E-state index contributed by atoms with van der Waals surface area (Å²) in [6.07, 6.45) is 2.49. The summed E-state index contributed by atoms with van der Waals surface area (Å²) in [6, 6.07) is 30.4. The second-order valence-electron chi connectivity index (χ2n) is 9.75. The second kappa shape index (κ2) is 14.9. The van der Waals surface area contributed by atoms with Gasteiger partial charge in [-0.15, -0.1) is 0 Å². The maximum Gasteiger partial charge on any atom is 0.323 e. The van der Waals surface area contributed by atoms with Crippen LogP contribution in [0.15, 0.2) is 108 Å². The van der Waals surface area contributed by atoms with Gasteiger partial charge in [0.1, 0.15) is 5.84 Å². The molecule has 1 heterocycles. The largest absolute Gasteiger partial charge is 0.402 e. The van der Waals surface area contributed by atoms with Crippen LogP contribution in [0.4, 0.5) is 10.5 Å². The Balaban J connectivity index is 1.54. The first-order valence-electron chi connectivity index (χ1n) is 13.6. The first kappa shape index (κ1) is 28.1. The molecule has 1 aliphatic heterocycles. The van der Waals surface area contributed by atoms with Crippen LogP contribution < -0.4 is 11.1 Å². The van der Waals surface area contributed by atoms with Crippen molar-refractivity contribution < 1.29 is 9.53 Å². The van der Waals surface area contributed by atoms with E-state index >= 15 is 0 Å². The van der Waals surface area contributed by atoms with E-state index in [4.69, 9.17) is 10.5 Å². The van der Waals surface area contributed by atoms with Gasteiger partial charge in [0, 0.05) is 44.3 Å². The standard InChI is InChI=1S/C32H39N5O2/c1-26(33)25-31(34-29-15-9-4-10-16-29)35-32(38)37(20-19-36-21-23-39-24-22-36)18-17-30(27-11-5-2-6-12-27)28-13-7-3-8-14-28/h2-16,25,30H,17-24,33H2,1H3,(H,34,35,38). The molecular weight excluding hydrogens is 486 g/mol. The number of para-hydroxylation sites is 1. The predicted molar refractivity (Wildman–Crippen MR) is 158 cm³/mol. The highest BCUT2D eigenvalue weighted by Gasteiger charge is 2.21. The summed E-state index contributed by atoms with van der Waals surface area (Å²) in [5, 5.41) is 3.03. The molecule has 3 aromatic carbocycles. The molecule has 0 aliphatic carbocycles. The molecule has 3 aromatic rings. The maximum absolute atomic E-state index is 13.7. The molecule has 0 bridgehead atoms. The Labute approximate surface area is 232 Å². The first-order valence-corrected chi connectivity index (χ1v) is 13.6. The number of ether oxygens (including phenoxy) is 1. The quantitative estimate of drug-likeness (QED) is 0.283. The number of amidine groups is 1. The number of aliphatic imine (C=N–C) groups is 1. The Kier molecular flexibility index (Phi) is 10.7. The number of benzene rings is 3. The molecule has 0 aromatic heterocycles. The van der Waals surface area contributed by atoms with Gasteiger partial charge in [0.05, 0.1) is 18.9 Å². The molecule has 2 amide bonds. The van der Waals surface area contributed by atoms with Crippen molar-refractivity contribution in [3.8, 4) is 0 Å². The van der Waals surface area contributed by atoms with Gasteiger partial charge in [-0.05, 0) is 42.7 Å². The molecular formula is C32H39N5O2. The summed E-state index contributed by atoms with van der Waals surface area (Å²) in [5.74, 6) is 0.597. The van der Waals surface area contributed by atoms with Crippen molar-refractivity contribution in [1.29, 1.82) is 0 Å². The zero-order valence-corrected chi connectivity index (χ0v) is 22.7. The lowest BCUT2D eigenvalue weighted by Gasteiger charge is -2.31. The van der Waals surface area contributed by atoms with Gasteiger partial charge >= 0.3 is 6.03 Å². The van der Waals surface area contributed by atoms with Gasteiger partial charge in [-0.2, -0.15) is 0 Å². The van der Waals surface area contributed by atoms with Gasteiger partial charge in [-0.1, -0.05) is 78.9 Å². The van der Waals surface area contributed by atoms with Gasteiger partial charge in [0.15, 0.2) is 0 Å². The molecule has 3 N–H and O–H groups in total. The summed E-state index contributed by atoms with van der Waals surface area (Å²) in [7, 11) is 0. The van der Waals surface area contributed by atoms with Crippen LogP contribution in [0.5, 0.6) is 0 Å². The van der Waals surface area contributed by atoms with Crippen molar-refractivity contribution in [2.24, 2.45) is 10.7 Å². The highest BCUT2D eigenvalue weighted by atomic mass is 16.5. The van der Waals surface area contributed by atoms with Gasteiger partial charge in [-0.3, -0.25) is 10.2 Å². The van der Waals surface area contributed by atoms with E-state index in [1.807, 2.05) is 47.4 Å². The number of allylic oxidation sites excluding steroid dienone is 1. The average molecular weight is 526 g/mol. The number of nitrogens with one attached hydrogen (secondary N) is 1. The minimum absolute atomic E-state index is 0.176. The maximum atomic E-state index is 13.7. The summed E-state index contributed by atoms with van der Waals surface area (Å²) >= 11 is 0. The van der Waals surface area contributed by atoms with E-state index in [0.29, 0.717) is 24.6 Å². The lowest BCUT2D eigenvalue weighted by Crippen LogP contribution is -2.48. The second-order valence-corrected chi connectivity index (χ2v) is 9.75. The average Bonchev–Trinajstić information content (AvgIpc) is 2.96. The molecule has 1 aliphatic rings. The molecule has 7 nitrogen and oxygen atoms in total. The zero-order valence-electron chi connectivity index (χ0n) is 22.7. The normalized spacial score (nSPS) is 14.8. The van der Waals surface area contributed by atoms with Crippen molar-refractivity contribution in [2.75, 3.05) is 45.9 Å². The minimum atomic E-state index is -0.185. The number of carbonyl (C=O) groups excluding carboxylic acids is 1. The number of urea groups is 1. The molecule has 1 saturated heterocycles. The van der Waals surface area contributed by atoms with Crippen LogP contribution in [0.2, 0.25) is 0 Å². The summed E-state index contributed by atoms with van der Waals surface area (Å²) in [6.45, 7) is 6.97. The van der Waals surface area contributed by atoms with Crippen LogP contribution in [0.1, 0.15) is 30.4 Å². The minimum Gasteiger partial charge on any atom is -0.402 e. The van der Waals surface area contributed by atoms with Crippen LogP contribution >= 0.6 is 0 Å². The SMILES string of the molecule is CC(N)=CC(=Nc1ccccc1)NC(=O)N(CCC(c1ccccc1)c1ccccc1)CCN1CCOCC1. The lowest BCUT2D eigenvalue weighted by molar-refractivity contribution is 0.0349. The van der Waals surface area contributed by atoms with Crippen molar-refractivity contribution in [3.05, 3.63) is 114 Å². The van der Waals surface area contributed by atoms with Crippen LogP contribution in [0.25, 0.3) is 0 Å². The third-order valence-electron chi connectivity index (χ3n) is 6.77. The Hall–Kier alpha value is -3.94. The molecule has 0 unspecified atom stereocenters. The Morgan fingerprint density at radius 2 is 1.51 bits per heavy atom. The van der Waals surface area contributed by atoms with E-state index in [1.165, 1.54) is 11.1 Å². The summed E-state index contributed by atoms with van der Waals surface area (Å²) < 4.78 is 5.51. The monoisotopic (exact) mass is 525 g/mol. The topological polar surface area (TPSA) is 83.2 Å². The molecule has 7 heteroatoms. The molecule has 0 spiro atoms. The number of rotatable bonds is 10. The molecule has 39 heavy (non-hydrogen) atoms. The van der Waals surface area contributed by atoms with E-state index in [-0.39, 0.29) is 11.9 Å². The summed E-state index contributed by atoms with van der Waals surface area (Å²) in [5.41, 5.74) is 9.78. The third kappa shape index (κ3) is 9.09. The number of morpholine rings is 1. The predicted octanol–water partition coefficient (Wildman–Crippen LogP) is 5.15. The highest BCUT2D eigenvalue weighted by molar-refractivity contribution is 6.05. The summed E-state index contributed by atoms with van der Waals surface area (Å²) in [4.78, 5) is 22.6. The van der Waals surface area contributed by atoms with Crippen molar-refractivity contribution >= 4 is 17.6 Å². The van der Waals surface area contributed by atoms with Crippen LogP contribution in [0.3, 0.4) is 0 Å². The number of hydrogen-bond donors (Lipinski definition) is 2. The number of nitrogens with two attached hydrogens (primary N) is 1. The smallest absolute Gasteiger partial charge is 0.323 e. The van der Waals surface area contributed by atoms with Crippen LogP contribution in [-0.4, -0.2) is 67.6 Å². The molecule has 4 rings (SSSR count). The van der Waals surface area contributed by atoms with Gasteiger partial charge < -0.3 is 15.4 Å². The zero-order chi connectivity index (χ0) is 27.3. The fourth-order valence-corrected chi connectivity index (χ4v) is 4.73. The molecule has 1 fully saturated rings. The molecule has 0 radical (unpaired) electrons. The van der Waals surface area contributed by atoms with Gasteiger partial charge in [-0.25, -0.2) is 9.79 Å². The fraction of sp³-hybridized carbons (Fsp3) is 0.312. The third-order valence-corrected chi connectivity index (χ3v) is 6.77. The fourth-order valence-electron chi connectivity index (χ4n) is 4.73. The molecule has 204 valence electrons. The number of hydrogen-bond acceptors (Lipinski definition) is 5. The highest BCUT2D eigenvalue weighted by Crippen LogP contribution is 2.28. The van der Waals surface area contributed by atoms with Crippen molar-refractivity contribution in [1.82, 2.24) is 15.1 Å². The van der Waals surface area contributed by atoms with E-state index in [1.54, 1.807) is 13.0 Å². The number of carbonyl (C=O) groups is 1. The van der Waals surface area contributed by atoms with Crippen molar-refractivity contribution in [2.45, 2.75) is 19.3 Å². The Bertz CT molecular complexity index is 1170. The van der Waals surface area contributed by atoms with E-state index in [9.17, 15) is 4.79 Å². The lowest BCUT2D eigenvalue weighted by atomic mass is 9.88. The van der Waals surface area contributed by atoms with Crippen LogP contribution in [0, 0.1) is 0 Å². The first-order chi connectivity index (χ1) is 19.1. The van der Waals surface area contributed by atoms with Gasteiger partial charge in [0.25, 0.3) is 0 Å². The number of amides is 2. The molecule has 0 saturated carbocycles. The van der Waals surface area contributed by atoms with E-state index < -0.39 is 0 Å².